The van der Waals surface area contributed by atoms with Crippen molar-refractivity contribution in [2.75, 3.05) is 5.73 Å². The van der Waals surface area contributed by atoms with E-state index in [1.807, 2.05) is 0 Å². The molecular formula is C9H8F2N4O. The highest BCUT2D eigenvalue weighted by Crippen LogP contribution is 2.23. The first-order valence-electron chi connectivity index (χ1n) is 4.37. The maximum absolute atomic E-state index is 13.2. The van der Waals surface area contributed by atoms with Gasteiger partial charge >= 0.3 is 0 Å². The van der Waals surface area contributed by atoms with Crippen LogP contribution in [0.4, 0.5) is 14.6 Å². The number of nitrogens with one attached hydrogen (secondary N) is 1. The highest BCUT2D eigenvalue weighted by Gasteiger charge is 2.12. The van der Waals surface area contributed by atoms with Crippen LogP contribution in [0.25, 0.3) is 0 Å². The Balaban J connectivity index is 2.31. The molecule has 3 N–H and O–H groups in total. The average Bonchev–Trinajstić information content (AvgIpc) is 2.60. The Morgan fingerprint density at radius 1 is 1.31 bits per heavy atom. The maximum atomic E-state index is 13.2. The van der Waals surface area contributed by atoms with Gasteiger partial charge in [-0.2, -0.15) is 4.98 Å². The first kappa shape index (κ1) is 10.3. The van der Waals surface area contributed by atoms with Crippen LogP contribution in [0.2, 0.25) is 0 Å². The van der Waals surface area contributed by atoms with Crippen molar-refractivity contribution in [3.63, 3.8) is 0 Å². The standard InChI is InChI=1S/C9H8F2N4O/c1-4-2-7(15-14-4)16-9-6(11)3-5(10)8(12)13-9/h2-3H,1H3,(H2,12,13)(H,14,15). The fraction of sp³-hybridized carbons (Fsp3) is 0.111. The molecule has 0 aliphatic rings. The lowest BCUT2D eigenvalue weighted by atomic mass is 10.4. The molecule has 0 aromatic carbocycles. The van der Waals surface area contributed by atoms with E-state index < -0.39 is 23.3 Å². The number of H-pyrrole nitrogens is 1. The number of nitrogens with two attached hydrogens (primary N) is 1. The van der Waals surface area contributed by atoms with Crippen LogP contribution < -0.4 is 10.5 Å². The van der Waals surface area contributed by atoms with E-state index in [0.29, 0.717) is 6.07 Å². The summed E-state index contributed by atoms with van der Waals surface area (Å²) in [6.45, 7) is 1.75. The fourth-order valence-electron chi connectivity index (χ4n) is 1.08. The Morgan fingerprint density at radius 2 is 2.06 bits per heavy atom. The van der Waals surface area contributed by atoms with Crippen molar-refractivity contribution in [1.29, 1.82) is 0 Å². The van der Waals surface area contributed by atoms with Gasteiger partial charge in [-0.05, 0) is 6.92 Å². The predicted molar refractivity (Wildman–Crippen MR) is 52.0 cm³/mol. The summed E-state index contributed by atoms with van der Waals surface area (Å²) < 4.78 is 31.0. The zero-order valence-electron chi connectivity index (χ0n) is 8.29. The molecule has 0 aliphatic carbocycles. The van der Waals surface area contributed by atoms with Crippen LogP contribution >= 0.6 is 0 Å². The number of aromatic nitrogens is 3. The first-order valence-corrected chi connectivity index (χ1v) is 4.37. The van der Waals surface area contributed by atoms with Gasteiger partial charge in [-0.1, -0.05) is 0 Å². The number of aromatic amines is 1. The number of aryl methyl sites for hydroxylation is 1. The SMILES string of the molecule is Cc1cc(Oc2nc(N)c(F)cc2F)n[nH]1. The highest BCUT2D eigenvalue weighted by molar-refractivity contribution is 5.35. The minimum atomic E-state index is -0.938. The van der Waals surface area contributed by atoms with Crippen molar-refractivity contribution >= 4 is 5.82 Å². The zero-order valence-corrected chi connectivity index (χ0v) is 8.29. The van der Waals surface area contributed by atoms with Crippen molar-refractivity contribution in [3.05, 3.63) is 29.5 Å². The van der Waals surface area contributed by atoms with Gasteiger partial charge in [0.05, 0.1) is 0 Å². The van der Waals surface area contributed by atoms with Gasteiger partial charge in [-0.3, -0.25) is 5.10 Å². The molecule has 2 aromatic heterocycles. The van der Waals surface area contributed by atoms with Crippen LogP contribution in [0, 0.1) is 18.6 Å². The third-order valence-electron chi connectivity index (χ3n) is 1.81. The van der Waals surface area contributed by atoms with Crippen LogP contribution in [0.1, 0.15) is 5.69 Å². The minimum absolute atomic E-state index is 0.134. The second-order valence-corrected chi connectivity index (χ2v) is 3.13. The number of pyridine rings is 1. The minimum Gasteiger partial charge on any atom is -0.416 e. The third kappa shape index (κ3) is 1.92. The quantitative estimate of drug-likeness (QED) is 0.818. The molecule has 0 amide bonds. The predicted octanol–water partition coefficient (Wildman–Crippen LogP) is 1.77. The second-order valence-electron chi connectivity index (χ2n) is 3.13. The smallest absolute Gasteiger partial charge is 0.259 e. The molecule has 0 bridgehead atoms. The summed E-state index contributed by atoms with van der Waals surface area (Å²) in [5, 5.41) is 6.32. The maximum Gasteiger partial charge on any atom is 0.259 e. The van der Waals surface area contributed by atoms with Crippen molar-refractivity contribution < 1.29 is 13.5 Å². The van der Waals surface area contributed by atoms with Gasteiger partial charge in [0.1, 0.15) is 0 Å². The number of ether oxygens (including phenoxy) is 1. The number of anilines is 1. The molecule has 2 rings (SSSR count). The summed E-state index contributed by atoms with van der Waals surface area (Å²) in [6, 6.07) is 2.15. The Kier molecular flexibility index (Phi) is 2.43. The summed E-state index contributed by atoms with van der Waals surface area (Å²) >= 11 is 0. The molecule has 7 heteroatoms. The third-order valence-corrected chi connectivity index (χ3v) is 1.81. The number of nitrogens with zero attached hydrogens (tertiary/aromatic N) is 2. The summed E-state index contributed by atoms with van der Waals surface area (Å²) in [6.07, 6.45) is 0. The molecule has 0 spiro atoms. The van der Waals surface area contributed by atoms with Crippen LogP contribution in [-0.2, 0) is 0 Å². The van der Waals surface area contributed by atoms with Gasteiger partial charge in [0.15, 0.2) is 17.5 Å². The molecule has 16 heavy (non-hydrogen) atoms. The van der Waals surface area contributed by atoms with E-state index in [-0.39, 0.29) is 5.88 Å². The number of hydrogen-bond acceptors (Lipinski definition) is 4. The molecule has 84 valence electrons. The number of rotatable bonds is 2. The van der Waals surface area contributed by atoms with Crippen molar-refractivity contribution in [2.45, 2.75) is 6.92 Å². The molecule has 0 saturated carbocycles. The largest absolute Gasteiger partial charge is 0.416 e. The summed E-state index contributed by atoms with van der Waals surface area (Å²) in [7, 11) is 0. The molecule has 0 fully saturated rings. The van der Waals surface area contributed by atoms with Crippen LogP contribution in [-0.4, -0.2) is 15.2 Å². The normalized spacial score (nSPS) is 10.4. The lowest BCUT2D eigenvalue weighted by molar-refractivity contribution is 0.404. The summed E-state index contributed by atoms with van der Waals surface area (Å²) in [5.41, 5.74) is 5.93. The second kappa shape index (κ2) is 3.76. The van der Waals surface area contributed by atoms with Crippen molar-refractivity contribution in [1.82, 2.24) is 15.2 Å². The summed E-state index contributed by atoms with van der Waals surface area (Å²) in [5.74, 6) is -2.57. The van der Waals surface area contributed by atoms with Gasteiger partial charge in [0, 0.05) is 17.8 Å². The molecule has 0 unspecified atom stereocenters. The molecule has 2 aromatic rings. The topological polar surface area (TPSA) is 76.8 Å². The molecule has 0 atom stereocenters. The lowest BCUT2D eigenvalue weighted by Gasteiger charge is -2.03. The van der Waals surface area contributed by atoms with E-state index in [9.17, 15) is 8.78 Å². The van der Waals surface area contributed by atoms with Gasteiger partial charge in [0.2, 0.25) is 5.88 Å². The Morgan fingerprint density at radius 3 is 2.69 bits per heavy atom. The number of halogens is 2. The summed E-state index contributed by atoms with van der Waals surface area (Å²) in [4.78, 5) is 3.43. The molecule has 0 saturated heterocycles. The molecule has 5 nitrogen and oxygen atoms in total. The van der Waals surface area contributed by atoms with Crippen molar-refractivity contribution in [2.24, 2.45) is 0 Å². The van der Waals surface area contributed by atoms with Gasteiger partial charge < -0.3 is 10.5 Å². The fourth-order valence-corrected chi connectivity index (χ4v) is 1.08. The average molecular weight is 226 g/mol. The van der Waals surface area contributed by atoms with Crippen molar-refractivity contribution in [3.8, 4) is 11.8 Å². The first-order chi connectivity index (χ1) is 7.56. The highest BCUT2D eigenvalue weighted by atomic mass is 19.1. The number of hydrogen-bond donors (Lipinski definition) is 2. The van der Waals surface area contributed by atoms with Crippen LogP contribution in [0.3, 0.4) is 0 Å². The van der Waals surface area contributed by atoms with Crippen LogP contribution in [0.15, 0.2) is 12.1 Å². The zero-order chi connectivity index (χ0) is 11.7. The molecule has 2 heterocycles. The van der Waals surface area contributed by atoms with Gasteiger partial charge in [-0.15, -0.1) is 5.10 Å². The number of nitrogen functional groups attached to an aromatic ring is 1. The Hall–Kier alpha value is -2.18. The van der Waals surface area contributed by atoms with Crippen LogP contribution in [0.5, 0.6) is 11.8 Å². The molecular weight excluding hydrogens is 218 g/mol. The Bertz CT molecular complexity index is 526. The monoisotopic (exact) mass is 226 g/mol. The van der Waals surface area contributed by atoms with Gasteiger partial charge in [0.25, 0.3) is 5.88 Å². The van der Waals surface area contributed by atoms with E-state index >= 15 is 0 Å². The van der Waals surface area contributed by atoms with E-state index in [0.717, 1.165) is 5.69 Å². The van der Waals surface area contributed by atoms with E-state index in [1.54, 1.807) is 13.0 Å². The Labute approximate surface area is 89.3 Å². The lowest BCUT2D eigenvalue weighted by Crippen LogP contribution is -2.00. The van der Waals surface area contributed by atoms with Gasteiger partial charge in [-0.25, -0.2) is 8.78 Å². The van der Waals surface area contributed by atoms with E-state index in [4.69, 9.17) is 10.5 Å². The molecule has 0 radical (unpaired) electrons. The van der Waals surface area contributed by atoms with E-state index in [1.165, 1.54) is 0 Å². The molecule has 0 aliphatic heterocycles. The van der Waals surface area contributed by atoms with E-state index in [2.05, 4.69) is 15.2 Å².